The van der Waals surface area contributed by atoms with Gasteiger partial charge in [-0.15, -0.1) is 0 Å². The van der Waals surface area contributed by atoms with Crippen LogP contribution in [0.2, 0.25) is 10.0 Å². The van der Waals surface area contributed by atoms with Gasteiger partial charge in [-0.25, -0.2) is 4.79 Å². The smallest absolute Gasteiger partial charge is 0.317 e. The summed E-state index contributed by atoms with van der Waals surface area (Å²) in [5, 5.41) is 4.69. The van der Waals surface area contributed by atoms with Gasteiger partial charge in [-0.2, -0.15) is 0 Å². The molecule has 26 heavy (non-hydrogen) atoms. The van der Waals surface area contributed by atoms with Gasteiger partial charge >= 0.3 is 5.97 Å². The Morgan fingerprint density at radius 1 is 1.15 bits per heavy atom. The van der Waals surface area contributed by atoms with Gasteiger partial charge in [-0.05, 0) is 23.8 Å². The van der Waals surface area contributed by atoms with Crippen molar-refractivity contribution in [1.29, 1.82) is 0 Å². The zero-order chi connectivity index (χ0) is 18.8. The number of rotatable bonds is 4. The average molecular weight is 391 g/mol. The highest BCUT2D eigenvalue weighted by Gasteiger charge is 2.34. The Balaban J connectivity index is 1.92. The van der Waals surface area contributed by atoms with Crippen LogP contribution in [0.15, 0.2) is 47.6 Å². The standard InChI is InChI=1S/C19H16Cl2N2O3/c1-11(2)19(25)26-22-17-13-5-3-4-6-16(13)23(18(17)24)10-12-7-8-14(20)15(21)9-12/h3-9,11H,10H2,1-2H3/b22-17-. The van der Waals surface area contributed by atoms with Crippen LogP contribution in [0, 0.1) is 5.92 Å². The molecule has 0 N–H and O–H groups in total. The van der Waals surface area contributed by atoms with E-state index in [0.29, 0.717) is 27.8 Å². The molecule has 3 rings (SSSR count). The normalized spacial score (nSPS) is 14.9. The van der Waals surface area contributed by atoms with Crippen LogP contribution in [0.25, 0.3) is 0 Å². The quantitative estimate of drug-likeness (QED) is 0.572. The summed E-state index contributed by atoms with van der Waals surface area (Å²) in [6.45, 7) is 3.69. The third kappa shape index (κ3) is 3.59. The largest absolute Gasteiger partial charge is 0.337 e. The number of nitrogens with zero attached hydrogens (tertiary/aromatic N) is 2. The first-order valence-corrected chi connectivity index (χ1v) is 8.78. The lowest BCUT2D eigenvalue weighted by Gasteiger charge is -2.17. The van der Waals surface area contributed by atoms with Crippen LogP contribution >= 0.6 is 23.2 Å². The van der Waals surface area contributed by atoms with E-state index in [1.54, 1.807) is 49.1 Å². The van der Waals surface area contributed by atoms with Gasteiger partial charge in [0.2, 0.25) is 0 Å². The number of carbonyl (C=O) groups is 2. The van der Waals surface area contributed by atoms with E-state index in [1.165, 1.54) is 0 Å². The molecule has 0 aromatic heterocycles. The number of hydrogen-bond donors (Lipinski definition) is 0. The number of fused-ring (bicyclic) bond motifs is 1. The Kier molecular flexibility index (Phi) is 5.30. The summed E-state index contributed by atoms with van der Waals surface area (Å²) in [6.07, 6.45) is 0. The highest BCUT2D eigenvalue weighted by Crippen LogP contribution is 2.32. The number of amides is 1. The molecule has 0 bridgehead atoms. The molecule has 1 aliphatic heterocycles. The molecule has 7 heteroatoms. The lowest BCUT2D eigenvalue weighted by Crippen LogP contribution is -2.30. The molecule has 1 aliphatic rings. The van der Waals surface area contributed by atoms with Crippen molar-refractivity contribution in [3.05, 3.63) is 63.6 Å². The van der Waals surface area contributed by atoms with E-state index < -0.39 is 5.97 Å². The Morgan fingerprint density at radius 2 is 1.88 bits per heavy atom. The summed E-state index contributed by atoms with van der Waals surface area (Å²) in [7, 11) is 0. The predicted octanol–water partition coefficient (Wildman–Crippen LogP) is 4.44. The Bertz CT molecular complexity index is 909. The van der Waals surface area contributed by atoms with Crippen LogP contribution < -0.4 is 4.90 Å². The number of benzene rings is 2. The van der Waals surface area contributed by atoms with E-state index in [2.05, 4.69) is 5.16 Å². The van der Waals surface area contributed by atoms with Gasteiger partial charge in [0.1, 0.15) is 0 Å². The fraction of sp³-hybridized carbons (Fsp3) is 0.211. The highest BCUT2D eigenvalue weighted by atomic mass is 35.5. The van der Waals surface area contributed by atoms with Gasteiger partial charge in [0.25, 0.3) is 5.91 Å². The first-order valence-electron chi connectivity index (χ1n) is 8.02. The molecule has 0 aliphatic carbocycles. The molecule has 0 atom stereocenters. The first kappa shape index (κ1) is 18.4. The van der Waals surface area contributed by atoms with Crippen molar-refractivity contribution in [1.82, 2.24) is 0 Å². The van der Waals surface area contributed by atoms with E-state index >= 15 is 0 Å². The summed E-state index contributed by atoms with van der Waals surface area (Å²) in [6, 6.07) is 12.4. The van der Waals surface area contributed by atoms with Crippen molar-refractivity contribution in [3.8, 4) is 0 Å². The Hall–Kier alpha value is -2.37. The molecule has 0 fully saturated rings. The molecule has 0 saturated heterocycles. The van der Waals surface area contributed by atoms with Crippen molar-refractivity contribution >= 4 is 46.5 Å². The molecule has 2 aromatic carbocycles. The van der Waals surface area contributed by atoms with Crippen molar-refractivity contribution in [2.75, 3.05) is 4.90 Å². The van der Waals surface area contributed by atoms with Gasteiger partial charge in [0, 0.05) is 5.56 Å². The third-order valence-electron chi connectivity index (χ3n) is 3.92. The number of hydrogen-bond acceptors (Lipinski definition) is 4. The lowest BCUT2D eigenvalue weighted by molar-refractivity contribution is -0.147. The molecule has 5 nitrogen and oxygen atoms in total. The Labute approximate surface area is 161 Å². The number of anilines is 1. The fourth-order valence-electron chi connectivity index (χ4n) is 2.52. The number of halogens is 2. The second-order valence-electron chi connectivity index (χ2n) is 6.16. The zero-order valence-electron chi connectivity index (χ0n) is 14.2. The maximum atomic E-state index is 12.8. The minimum absolute atomic E-state index is 0.106. The topological polar surface area (TPSA) is 59.0 Å². The van der Waals surface area contributed by atoms with E-state index in [0.717, 1.165) is 5.56 Å². The zero-order valence-corrected chi connectivity index (χ0v) is 15.7. The van der Waals surface area contributed by atoms with E-state index in [9.17, 15) is 9.59 Å². The van der Waals surface area contributed by atoms with Gasteiger partial charge in [0.05, 0.1) is 28.2 Å². The van der Waals surface area contributed by atoms with Crippen molar-refractivity contribution in [2.45, 2.75) is 20.4 Å². The average Bonchev–Trinajstić information content (AvgIpc) is 2.88. The summed E-state index contributed by atoms with van der Waals surface area (Å²) in [5.41, 5.74) is 2.25. The molecule has 134 valence electrons. The molecule has 0 saturated carbocycles. The molecule has 1 amide bonds. The van der Waals surface area contributed by atoms with Crippen LogP contribution in [-0.4, -0.2) is 17.6 Å². The Morgan fingerprint density at radius 3 is 2.58 bits per heavy atom. The molecule has 0 radical (unpaired) electrons. The minimum atomic E-state index is -0.495. The first-order chi connectivity index (χ1) is 12.4. The summed E-state index contributed by atoms with van der Waals surface area (Å²) < 4.78 is 0. The molecular formula is C19H16Cl2N2O3. The second kappa shape index (κ2) is 7.48. The summed E-state index contributed by atoms with van der Waals surface area (Å²) in [4.78, 5) is 31.0. The highest BCUT2D eigenvalue weighted by molar-refractivity contribution is 6.54. The third-order valence-corrected chi connectivity index (χ3v) is 4.66. The fourth-order valence-corrected chi connectivity index (χ4v) is 2.84. The summed E-state index contributed by atoms with van der Waals surface area (Å²) >= 11 is 12.0. The number of carbonyl (C=O) groups excluding carboxylic acids is 2. The van der Waals surface area contributed by atoms with E-state index in [1.807, 2.05) is 12.1 Å². The number of para-hydroxylation sites is 1. The van der Waals surface area contributed by atoms with Gasteiger partial charge in [0.15, 0.2) is 5.71 Å². The lowest BCUT2D eigenvalue weighted by atomic mass is 10.1. The van der Waals surface area contributed by atoms with Crippen LogP contribution in [0.5, 0.6) is 0 Å². The van der Waals surface area contributed by atoms with Gasteiger partial charge in [-0.1, -0.05) is 66.5 Å². The molecule has 0 unspecified atom stereocenters. The monoisotopic (exact) mass is 390 g/mol. The van der Waals surface area contributed by atoms with Crippen molar-refractivity contribution in [2.24, 2.45) is 11.1 Å². The van der Waals surface area contributed by atoms with Crippen LogP contribution in [0.3, 0.4) is 0 Å². The van der Waals surface area contributed by atoms with E-state index in [4.69, 9.17) is 28.0 Å². The SMILES string of the molecule is CC(C)C(=O)O/N=C1\C(=O)N(Cc2ccc(Cl)c(Cl)c2)c2ccccc21. The van der Waals surface area contributed by atoms with E-state index in [-0.39, 0.29) is 17.5 Å². The minimum Gasteiger partial charge on any atom is -0.317 e. The van der Waals surface area contributed by atoms with Crippen LogP contribution in [0.1, 0.15) is 25.0 Å². The van der Waals surface area contributed by atoms with Crippen molar-refractivity contribution < 1.29 is 14.4 Å². The second-order valence-corrected chi connectivity index (χ2v) is 6.98. The van der Waals surface area contributed by atoms with Crippen LogP contribution in [0.4, 0.5) is 5.69 Å². The number of oxime groups is 1. The van der Waals surface area contributed by atoms with Gasteiger partial charge in [-0.3, -0.25) is 4.79 Å². The maximum absolute atomic E-state index is 12.8. The molecule has 0 spiro atoms. The van der Waals surface area contributed by atoms with Crippen molar-refractivity contribution in [3.63, 3.8) is 0 Å². The predicted molar refractivity (Wildman–Crippen MR) is 102 cm³/mol. The molecule has 2 aromatic rings. The maximum Gasteiger partial charge on any atom is 0.337 e. The van der Waals surface area contributed by atoms with Gasteiger partial charge < -0.3 is 9.74 Å². The summed E-state index contributed by atoms with van der Waals surface area (Å²) in [5.74, 6) is -1.17. The van der Waals surface area contributed by atoms with Crippen LogP contribution in [-0.2, 0) is 21.0 Å². The molecule has 1 heterocycles. The molecular weight excluding hydrogens is 375 g/mol.